The van der Waals surface area contributed by atoms with Crippen molar-refractivity contribution in [3.8, 4) is 0 Å². The molecule has 8 nitrogen and oxygen atoms in total. The number of halogens is 1. The molecule has 0 spiro atoms. The zero-order valence-corrected chi connectivity index (χ0v) is 13.7. The highest BCUT2D eigenvalue weighted by molar-refractivity contribution is 8.10. The van der Waals surface area contributed by atoms with Gasteiger partial charge in [0.05, 0.1) is 20.3 Å². The zero-order valence-electron chi connectivity index (χ0n) is 10.3. The largest absolute Gasteiger partial charge is 1.00 e. The van der Waals surface area contributed by atoms with Gasteiger partial charge in [0.25, 0.3) is 0 Å². The molecule has 0 saturated heterocycles. The molecular weight excluding hydrogens is 338 g/mol. The minimum atomic E-state index is -4.88. The highest BCUT2D eigenvalue weighted by Gasteiger charge is 2.46. The number of rotatable bonds is 4. The first-order valence-corrected chi connectivity index (χ1v) is 9.14. The van der Waals surface area contributed by atoms with Crippen LogP contribution in [0.5, 0.6) is 0 Å². The Bertz CT molecular complexity index is 413. The van der Waals surface area contributed by atoms with Crippen LogP contribution >= 0.6 is 27.1 Å². The SMILES string of the molecule is C[N+]1(C)C=CCN(SC(P(=O)(O)O)P(=O)(O)O)C1.[Cl-]. The lowest BCUT2D eigenvalue weighted by molar-refractivity contribution is -0.849. The lowest BCUT2D eigenvalue weighted by atomic mass is 10.4. The summed E-state index contributed by atoms with van der Waals surface area (Å²) in [6, 6.07) is 0. The van der Waals surface area contributed by atoms with Crippen molar-refractivity contribution in [1.82, 2.24) is 4.31 Å². The summed E-state index contributed by atoms with van der Waals surface area (Å²) < 4.78 is 22.2. The first-order chi connectivity index (χ1) is 7.92. The van der Waals surface area contributed by atoms with Gasteiger partial charge in [0.1, 0.15) is 6.67 Å². The van der Waals surface area contributed by atoms with E-state index in [1.54, 1.807) is 6.08 Å². The van der Waals surface area contributed by atoms with Gasteiger partial charge in [-0.1, -0.05) is 0 Å². The molecule has 19 heavy (non-hydrogen) atoms. The summed E-state index contributed by atoms with van der Waals surface area (Å²) in [5.74, 6) is 0. The molecule has 0 saturated carbocycles. The fourth-order valence-corrected chi connectivity index (χ4v) is 5.64. The summed E-state index contributed by atoms with van der Waals surface area (Å²) in [4.78, 5) is 36.1. The maximum atomic E-state index is 11.1. The quantitative estimate of drug-likeness (QED) is 0.242. The van der Waals surface area contributed by atoms with E-state index < -0.39 is 19.9 Å². The van der Waals surface area contributed by atoms with Crippen LogP contribution in [-0.2, 0) is 9.13 Å². The molecule has 1 heterocycles. The third-order valence-electron chi connectivity index (χ3n) is 2.16. The standard InChI is InChI=1S/C7H16N2O6P2S.ClH/c1-9(2)5-3-4-8(6-9)18-7(16(10,11)12)17(13,14)15;/h3,5,7H,4,6H2,1-2H3,(H3-,10,11,12,13,14,15);1H. The van der Waals surface area contributed by atoms with E-state index in [0.29, 0.717) is 29.6 Å². The molecule has 0 atom stereocenters. The van der Waals surface area contributed by atoms with Crippen LogP contribution in [0.4, 0.5) is 0 Å². The van der Waals surface area contributed by atoms with Crippen molar-refractivity contribution < 1.29 is 45.6 Å². The molecule has 12 heteroatoms. The minimum Gasteiger partial charge on any atom is -1.00 e. The van der Waals surface area contributed by atoms with Gasteiger partial charge in [-0.25, -0.2) is 0 Å². The molecule has 0 bridgehead atoms. The molecule has 1 aliphatic heterocycles. The first-order valence-electron chi connectivity index (χ1n) is 4.94. The number of nitrogens with zero attached hydrogens (tertiary/aromatic N) is 2. The van der Waals surface area contributed by atoms with Crippen LogP contribution in [-0.4, -0.2) is 60.4 Å². The Balaban J connectivity index is 0.00000324. The van der Waals surface area contributed by atoms with Crippen molar-refractivity contribution in [1.29, 1.82) is 0 Å². The van der Waals surface area contributed by atoms with Crippen molar-refractivity contribution in [3.05, 3.63) is 12.3 Å². The van der Waals surface area contributed by atoms with Crippen LogP contribution in [0.25, 0.3) is 0 Å². The Morgan fingerprint density at radius 2 is 1.68 bits per heavy atom. The molecule has 4 N–H and O–H groups in total. The molecule has 0 radical (unpaired) electrons. The third kappa shape index (κ3) is 6.27. The second-order valence-electron chi connectivity index (χ2n) is 4.58. The predicted octanol–water partition coefficient (Wildman–Crippen LogP) is -2.86. The van der Waals surface area contributed by atoms with Crippen molar-refractivity contribution in [2.45, 2.75) is 4.73 Å². The van der Waals surface area contributed by atoms with Gasteiger partial charge in [-0.05, 0) is 18.0 Å². The molecule has 0 unspecified atom stereocenters. The number of quaternary nitrogens is 1. The van der Waals surface area contributed by atoms with Gasteiger partial charge in [-0.2, -0.15) is 4.31 Å². The van der Waals surface area contributed by atoms with E-state index >= 15 is 0 Å². The van der Waals surface area contributed by atoms with E-state index in [1.165, 1.54) is 4.31 Å². The molecule has 1 rings (SSSR count). The molecule has 1 aliphatic rings. The van der Waals surface area contributed by atoms with Gasteiger partial charge in [0.15, 0.2) is 0 Å². The van der Waals surface area contributed by atoms with Gasteiger partial charge >= 0.3 is 15.2 Å². The summed E-state index contributed by atoms with van der Waals surface area (Å²) in [7, 11) is -6.02. The smallest absolute Gasteiger partial charge is 0.352 e. The van der Waals surface area contributed by atoms with Crippen LogP contribution in [0.3, 0.4) is 0 Å². The first kappa shape index (κ1) is 19.6. The molecule has 0 aromatic rings. The van der Waals surface area contributed by atoms with Gasteiger partial charge in [0, 0.05) is 6.54 Å². The monoisotopic (exact) mass is 354 g/mol. The van der Waals surface area contributed by atoms with E-state index in [-0.39, 0.29) is 12.4 Å². The van der Waals surface area contributed by atoms with Crippen LogP contribution < -0.4 is 12.4 Å². The van der Waals surface area contributed by atoms with Gasteiger partial charge in [-0.3, -0.25) is 13.6 Å². The Labute approximate surface area is 121 Å². The minimum absolute atomic E-state index is 0. The van der Waals surface area contributed by atoms with Crippen molar-refractivity contribution in [2.24, 2.45) is 0 Å². The lowest BCUT2D eigenvalue weighted by Gasteiger charge is -2.35. The molecule has 114 valence electrons. The van der Waals surface area contributed by atoms with Crippen molar-refractivity contribution in [2.75, 3.05) is 27.3 Å². The van der Waals surface area contributed by atoms with Crippen LogP contribution in [0.1, 0.15) is 0 Å². The average Bonchev–Trinajstić information content (AvgIpc) is 2.09. The highest BCUT2D eigenvalue weighted by atomic mass is 35.5. The maximum absolute atomic E-state index is 11.1. The third-order valence-corrected chi connectivity index (χ3v) is 8.08. The highest BCUT2D eigenvalue weighted by Crippen LogP contribution is 2.65. The summed E-state index contributed by atoms with van der Waals surface area (Å²) in [5, 5.41) is 0. The Morgan fingerprint density at radius 3 is 2.05 bits per heavy atom. The molecule has 0 aromatic carbocycles. The van der Waals surface area contributed by atoms with Crippen LogP contribution in [0.15, 0.2) is 12.3 Å². The van der Waals surface area contributed by atoms with Crippen molar-refractivity contribution >= 4 is 27.1 Å². The predicted molar refractivity (Wildman–Crippen MR) is 68.3 cm³/mol. The Kier molecular flexibility index (Phi) is 6.78. The topological polar surface area (TPSA) is 118 Å². The molecule has 0 fully saturated rings. The van der Waals surface area contributed by atoms with E-state index in [2.05, 4.69) is 0 Å². The maximum Gasteiger partial charge on any atom is 0.352 e. The van der Waals surface area contributed by atoms with Gasteiger partial charge < -0.3 is 32.0 Å². The normalized spacial score (nSPS) is 20.4. The molecule has 0 amide bonds. The summed E-state index contributed by atoms with van der Waals surface area (Å²) in [5.41, 5.74) is 0. The summed E-state index contributed by atoms with van der Waals surface area (Å²) in [6.07, 6.45) is 3.69. The van der Waals surface area contributed by atoms with E-state index in [9.17, 15) is 9.13 Å². The van der Waals surface area contributed by atoms with E-state index in [1.807, 2.05) is 20.3 Å². The fraction of sp³-hybridized carbons (Fsp3) is 0.714. The van der Waals surface area contributed by atoms with Gasteiger partial charge in [0.2, 0.25) is 4.73 Å². The molecule has 0 aliphatic carbocycles. The lowest BCUT2D eigenvalue weighted by Crippen LogP contribution is -3.00. The zero-order chi connectivity index (χ0) is 14.2. The fourth-order valence-electron chi connectivity index (χ4n) is 1.49. The number of hydrogen-bond donors (Lipinski definition) is 4. The molecule has 0 aromatic heterocycles. The average molecular weight is 355 g/mol. The van der Waals surface area contributed by atoms with Crippen molar-refractivity contribution in [3.63, 3.8) is 0 Å². The Hall–Kier alpha value is 0.600. The Morgan fingerprint density at radius 1 is 1.21 bits per heavy atom. The molecular formula is C7H17ClN2O6P2S. The van der Waals surface area contributed by atoms with Crippen LogP contribution in [0.2, 0.25) is 0 Å². The van der Waals surface area contributed by atoms with Gasteiger partial charge in [-0.15, -0.1) is 0 Å². The summed E-state index contributed by atoms with van der Waals surface area (Å²) in [6.45, 7) is 0.778. The van der Waals surface area contributed by atoms with E-state index in [4.69, 9.17) is 19.6 Å². The number of hydrogen-bond acceptors (Lipinski definition) is 4. The second-order valence-corrected chi connectivity index (χ2v) is 10.3. The summed E-state index contributed by atoms with van der Waals surface area (Å²) >= 11 is 0.522. The second kappa shape index (κ2) is 6.58. The van der Waals surface area contributed by atoms with E-state index in [0.717, 1.165) is 0 Å². The van der Waals surface area contributed by atoms with Crippen LogP contribution in [0, 0.1) is 0 Å².